The second kappa shape index (κ2) is 10.0. The number of aryl methyl sites for hydroxylation is 1. The van der Waals surface area contributed by atoms with Crippen LogP contribution in [0, 0.1) is 12.3 Å². The number of anilines is 3. The van der Waals surface area contributed by atoms with Gasteiger partial charge in [0.2, 0.25) is 11.8 Å². The van der Waals surface area contributed by atoms with E-state index in [1.165, 1.54) is 0 Å². The number of carbonyl (C=O) groups excluding carboxylic acids is 2. The van der Waals surface area contributed by atoms with Crippen molar-refractivity contribution < 1.29 is 19.5 Å². The lowest BCUT2D eigenvalue weighted by Gasteiger charge is -2.36. The molecule has 0 spiro atoms. The summed E-state index contributed by atoms with van der Waals surface area (Å²) in [5, 5.41) is 15.3. The van der Waals surface area contributed by atoms with E-state index in [2.05, 4.69) is 20.4 Å². The van der Waals surface area contributed by atoms with Gasteiger partial charge in [0, 0.05) is 43.0 Å². The number of hydrogen-bond donors (Lipinski definition) is 3. The predicted molar refractivity (Wildman–Crippen MR) is 130 cm³/mol. The number of carboxylic acids is 1. The van der Waals surface area contributed by atoms with Crippen LogP contribution < -0.4 is 15.5 Å². The number of benzene rings is 2. The summed E-state index contributed by atoms with van der Waals surface area (Å²) in [6.07, 6.45) is 0. The molecule has 176 valence electrons. The van der Waals surface area contributed by atoms with Gasteiger partial charge in [0.25, 0.3) is 0 Å². The van der Waals surface area contributed by atoms with E-state index >= 15 is 0 Å². The average molecular weight is 453 g/mol. The van der Waals surface area contributed by atoms with Gasteiger partial charge in [0.15, 0.2) is 0 Å². The molecule has 3 rings (SSSR count). The number of nitrogens with zero attached hydrogens (tertiary/aromatic N) is 2. The van der Waals surface area contributed by atoms with Gasteiger partial charge in [-0.3, -0.25) is 14.5 Å². The fourth-order valence-corrected chi connectivity index (χ4v) is 3.62. The SMILES string of the molecule is Cc1cccc(NC(=O)CN2CCN(c3ccc(NC(=O)C(C)(C)C)c(C(=O)O)c3)CC2)c1. The van der Waals surface area contributed by atoms with E-state index in [1.54, 1.807) is 32.9 Å². The maximum atomic E-state index is 12.4. The number of carboxylic acid groups (broad SMARTS) is 1. The molecule has 3 N–H and O–H groups in total. The van der Waals surface area contributed by atoms with Crippen molar-refractivity contribution in [2.24, 2.45) is 5.41 Å². The largest absolute Gasteiger partial charge is 0.478 e. The number of piperazine rings is 1. The molecule has 0 unspecified atom stereocenters. The molecular formula is C25H32N4O4. The minimum absolute atomic E-state index is 0.0545. The summed E-state index contributed by atoms with van der Waals surface area (Å²) in [7, 11) is 0. The maximum absolute atomic E-state index is 12.4. The van der Waals surface area contributed by atoms with Gasteiger partial charge in [-0.05, 0) is 42.8 Å². The molecule has 2 amide bonds. The lowest BCUT2D eigenvalue weighted by atomic mass is 9.95. The zero-order valence-electron chi connectivity index (χ0n) is 19.6. The van der Waals surface area contributed by atoms with Crippen LogP contribution in [0.25, 0.3) is 0 Å². The Morgan fingerprint density at radius 1 is 0.970 bits per heavy atom. The molecule has 0 aliphatic carbocycles. The Hall–Kier alpha value is -3.39. The molecule has 0 aromatic heterocycles. The molecule has 1 heterocycles. The molecule has 0 radical (unpaired) electrons. The molecule has 1 aliphatic heterocycles. The van der Waals surface area contributed by atoms with E-state index in [4.69, 9.17) is 0 Å². The topological polar surface area (TPSA) is 102 Å². The highest BCUT2D eigenvalue weighted by Gasteiger charge is 2.25. The van der Waals surface area contributed by atoms with Crippen molar-refractivity contribution in [1.82, 2.24) is 4.90 Å². The zero-order valence-corrected chi connectivity index (χ0v) is 19.6. The van der Waals surface area contributed by atoms with Gasteiger partial charge in [0.1, 0.15) is 0 Å². The molecule has 1 saturated heterocycles. The highest BCUT2D eigenvalue weighted by Crippen LogP contribution is 2.26. The van der Waals surface area contributed by atoms with Crippen LogP contribution in [0.3, 0.4) is 0 Å². The van der Waals surface area contributed by atoms with Gasteiger partial charge in [-0.1, -0.05) is 32.9 Å². The van der Waals surface area contributed by atoms with E-state index in [-0.39, 0.29) is 23.1 Å². The number of carbonyl (C=O) groups is 3. The number of amides is 2. The first-order valence-corrected chi connectivity index (χ1v) is 11.1. The Balaban J connectivity index is 1.59. The van der Waals surface area contributed by atoms with Crippen LogP contribution in [0.2, 0.25) is 0 Å². The van der Waals surface area contributed by atoms with Gasteiger partial charge in [-0.25, -0.2) is 4.79 Å². The Labute approximate surface area is 194 Å². The number of aromatic carboxylic acids is 1. The van der Waals surface area contributed by atoms with Crippen molar-refractivity contribution >= 4 is 34.8 Å². The van der Waals surface area contributed by atoms with Crippen LogP contribution in [-0.4, -0.2) is 60.5 Å². The van der Waals surface area contributed by atoms with Gasteiger partial charge >= 0.3 is 5.97 Å². The van der Waals surface area contributed by atoms with Crippen molar-refractivity contribution in [3.63, 3.8) is 0 Å². The smallest absolute Gasteiger partial charge is 0.337 e. The van der Waals surface area contributed by atoms with Gasteiger partial charge in [-0.15, -0.1) is 0 Å². The second-order valence-electron chi connectivity index (χ2n) is 9.42. The third-order valence-electron chi connectivity index (χ3n) is 5.57. The third-order valence-corrected chi connectivity index (χ3v) is 5.57. The standard InChI is InChI=1S/C25H32N4O4/c1-17-6-5-7-18(14-17)26-22(30)16-28-10-12-29(13-11-28)19-8-9-21(20(15-19)23(31)32)27-24(33)25(2,3)4/h5-9,14-15H,10-13,16H2,1-4H3,(H,26,30)(H,27,33)(H,31,32). The number of rotatable bonds is 6. The Kier molecular flexibility index (Phi) is 7.38. The van der Waals surface area contributed by atoms with Crippen molar-refractivity contribution in [1.29, 1.82) is 0 Å². The third kappa shape index (κ3) is 6.55. The Bertz CT molecular complexity index is 1040. The second-order valence-corrected chi connectivity index (χ2v) is 9.42. The Morgan fingerprint density at radius 3 is 2.27 bits per heavy atom. The van der Waals surface area contributed by atoms with E-state index in [9.17, 15) is 19.5 Å². The van der Waals surface area contributed by atoms with Crippen molar-refractivity contribution in [2.45, 2.75) is 27.7 Å². The van der Waals surface area contributed by atoms with Gasteiger partial charge < -0.3 is 20.6 Å². The molecule has 8 heteroatoms. The normalized spacial score (nSPS) is 14.6. The fraction of sp³-hybridized carbons (Fsp3) is 0.400. The first-order valence-electron chi connectivity index (χ1n) is 11.1. The minimum atomic E-state index is -1.09. The molecular weight excluding hydrogens is 420 g/mol. The molecule has 33 heavy (non-hydrogen) atoms. The van der Waals surface area contributed by atoms with Crippen molar-refractivity contribution in [3.8, 4) is 0 Å². The Morgan fingerprint density at radius 2 is 1.67 bits per heavy atom. The van der Waals surface area contributed by atoms with Crippen LogP contribution in [0.1, 0.15) is 36.7 Å². The molecule has 0 saturated carbocycles. The van der Waals surface area contributed by atoms with Crippen LogP contribution >= 0.6 is 0 Å². The average Bonchev–Trinajstić information content (AvgIpc) is 2.73. The predicted octanol–water partition coefficient (Wildman–Crippen LogP) is 3.44. The highest BCUT2D eigenvalue weighted by molar-refractivity contribution is 6.02. The fourth-order valence-electron chi connectivity index (χ4n) is 3.62. The van der Waals surface area contributed by atoms with Crippen LogP contribution in [0.4, 0.5) is 17.1 Å². The lowest BCUT2D eigenvalue weighted by molar-refractivity contribution is -0.123. The van der Waals surface area contributed by atoms with Crippen molar-refractivity contribution in [2.75, 3.05) is 48.3 Å². The lowest BCUT2D eigenvalue weighted by Crippen LogP contribution is -2.48. The van der Waals surface area contributed by atoms with Crippen LogP contribution in [0.5, 0.6) is 0 Å². The summed E-state index contributed by atoms with van der Waals surface area (Å²) < 4.78 is 0. The first kappa shape index (κ1) is 24.3. The molecule has 1 aliphatic rings. The number of hydrogen-bond acceptors (Lipinski definition) is 5. The monoisotopic (exact) mass is 452 g/mol. The van der Waals surface area contributed by atoms with Crippen LogP contribution in [-0.2, 0) is 9.59 Å². The zero-order chi connectivity index (χ0) is 24.2. The van der Waals surface area contributed by atoms with E-state index in [1.807, 2.05) is 37.3 Å². The van der Waals surface area contributed by atoms with E-state index in [0.717, 1.165) is 16.9 Å². The van der Waals surface area contributed by atoms with E-state index in [0.29, 0.717) is 32.7 Å². The molecule has 0 atom stereocenters. The molecule has 1 fully saturated rings. The van der Waals surface area contributed by atoms with Crippen molar-refractivity contribution in [3.05, 3.63) is 53.6 Å². The molecule has 2 aromatic carbocycles. The molecule has 8 nitrogen and oxygen atoms in total. The summed E-state index contributed by atoms with van der Waals surface area (Å²) in [6.45, 7) is 10.3. The summed E-state index contributed by atoms with van der Waals surface area (Å²) in [5.74, 6) is -1.39. The maximum Gasteiger partial charge on any atom is 0.337 e. The minimum Gasteiger partial charge on any atom is -0.478 e. The van der Waals surface area contributed by atoms with Gasteiger partial charge in [0.05, 0.1) is 17.8 Å². The van der Waals surface area contributed by atoms with Gasteiger partial charge in [-0.2, -0.15) is 0 Å². The van der Waals surface area contributed by atoms with E-state index < -0.39 is 11.4 Å². The molecule has 2 aromatic rings. The molecule has 0 bridgehead atoms. The summed E-state index contributed by atoms with van der Waals surface area (Å²) >= 11 is 0. The number of nitrogens with one attached hydrogen (secondary N) is 2. The first-order chi connectivity index (χ1) is 15.5. The summed E-state index contributed by atoms with van der Waals surface area (Å²) in [4.78, 5) is 40.7. The quantitative estimate of drug-likeness (QED) is 0.621. The summed E-state index contributed by atoms with van der Waals surface area (Å²) in [6, 6.07) is 12.8. The highest BCUT2D eigenvalue weighted by atomic mass is 16.4. The summed E-state index contributed by atoms with van der Waals surface area (Å²) in [5.41, 5.74) is 2.38. The van der Waals surface area contributed by atoms with Crippen LogP contribution in [0.15, 0.2) is 42.5 Å².